The van der Waals surface area contributed by atoms with Gasteiger partial charge in [0.15, 0.2) is 0 Å². The van der Waals surface area contributed by atoms with Crippen LogP contribution in [0.3, 0.4) is 0 Å². The van der Waals surface area contributed by atoms with Crippen molar-refractivity contribution < 1.29 is 9.53 Å². The molecule has 2 aliphatic heterocycles. The maximum Gasteiger partial charge on any atom is 0.316 e. The fourth-order valence-corrected chi connectivity index (χ4v) is 4.19. The molecule has 1 N–H and O–H groups in total. The minimum Gasteiger partial charge on any atom is -0.459 e. The highest BCUT2D eigenvalue weighted by Crippen LogP contribution is 2.44. The van der Waals surface area contributed by atoms with E-state index in [9.17, 15) is 10.1 Å². The van der Waals surface area contributed by atoms with Gasteiger partial charge in [0.05, 0.1) is 28.6 Å². The fourth-order valence-electron chi connectivity index (χ4n) is 4.07. The third kappa shape index (κ3) is 2.74. The second kappa shape index (κ2) is 6.57. The molecule has 0 amide bonds. The Morgan fingerprint density at radius 1 is 1.21 bits per heavy atom. The number of rotatable bonds is 2. The zero-order chi connectivity index (χ0) is 20.1. The molecule has 1 saturated heterocycles. The molecule has 0 spiro atoms. The van der Waals surface area contributed by atoms with Crippen molar-refractivity contribution in [1.29, 1.82) is 5.26 Å². The third-order valence-corrected chi connectivity index (χ3v) is 5.75. The first kappa shape index (κ1) is 17.7. The highest BCUT2D eigenvalue weighted by Gasteiger charge is 2.46. The first-order valence-electron chi connectivity index (χ1n) is 9.15. The van der Waals surface area contributed by atoms with Crippen molar-refractivity contribution in [3.63, 3.8) is 0 Å². The summed E-state index contributed by atoms with van der Waals surface area (Å²) in [6.07, 6.45) is 0. The normalized spacial score (nSPS) is 21.0. The van der Waals surface area contributed by atoms with Gasteiger partial charge in [-0.05, 0) is 36.8 Å². The number of nitrogens with zero attached hydrogens (tertiary/aromatic N) is 3. The average molecular weight is 403 g/mol. The van der Waals surface area contributed by atoms with Gasteiger partial charge in [0, 0.05) is 27.6 Å². The van der Waals surface area contributed by atoms with Crippen LogP contribution in [0.2, 0.25) is 5.02 Å². The quantitative estimate of drug-likeness (QED) is 0.651. The molecule has 2 aliphatic rings. The van der Waals surface area contributed by atoms with Gasteiger partial charge < -0.3 is 4.74 Å². The van der Waals surface area contributed by atoms with Crippen LogP contribution < -0.4 is 0 Å². The molecule has 2 unspecified atom stereocenters. The number of benzene rings is 2. The van der Waals surface area contributed by atoms with E-state index in [0.29, 0.717) is 22.0 Å². The number of carbonyl (C=O) groups excluding carboxylic acids is 1. The summed E-state index contributed by atoms with van der Waals surface area (Å²) >= 11 is 6.02. The smallest absolute Gasteiger partial charge is 0.316 e. The standard InChI is InChI=1S/C22H15ClN4O2/c1-11-15-8-13(4-7-17(15)27-26-11)19-16(9-24)21(12-2-5-14(23)6-3-12)25-18-10-29-22(28)20(18)19/h2-8,19-20H,10H2,1H3,(H,26,27). The molecule has 0 aliphatic carbocycles. The first-order chi connectivity index (χ1) is 14.1. The lowest BCUT2D eigenvalue weighted by atomic mass is 9.75. The summed E-state index contributed by atoms with van der Waals surface area (Å²) < 4.78 is 5.30. The zero-order valence-corrected chi connectivity index (χ0v) is 16.2. The lowest BCUT2D eigenvalue weighted by Gasteiger charge is -2.27. The lowest BCUT2D eigenvalue weighted by Crippen LogP contribution is -2.29. The molecule has 0 radical (unpaired) electrons. The van der Waals surface area contributed by atoms with Crippen molar-refractivity contribution >= 4 is 39.9 Å². The second-order valence-corrected chi connectivity index (χ2v) is 7.61. The van der Waals surface area contributed by atoms with Gasteiger partial charge in [-0.25, -0.2) is 0 Å². The van der Waals surface area contributed by atoms with Crippen LogP contribution in [-0.4, -0.2) is 28.5 Å². The molecule has 1 fully saturated rings. The van der Waals surface area contributed by atoms with E-state index in [1.54, 1.807) is 12.1 Å². The zero-order valence-electron chi connectivity index (χ0n) is 15.4. The number of nitrogens with one attached hydrogen (secondary N) is 1. The van der Waals surface area contributed by atoms with Crippen molar-refractivity contribution in [3.8, 4) is 6.07 Å². The van der Waals surface area contributed by atoms with Gasteiger partial charge in [-0.1, -0.05) is 29.8 Å². The maximum atomic E-state index is 12.6. The topological polar surface area (TPSA) is 91.1 Å². The van der Waals surface area contributed by atoms with Crippen LogP contribution in [0.4, 0.5) is 0 Å². The van der Waals surface area contributed by atoms with Crippen LogP contribution in [0.25, 0.3) is 16.6 Å². The second-order valence-electron chi connectivity index (χ2n) is 7.17. The monoisotopic (exact) mass is 402 g/mol. The highest BCUT2D eigenvalue weighted by molar-refractivity contribution is 6.30. The SMILES string of the molecule is Cc1[nH]nc2ccc(C3C(C#N)=C(c4ccc(Cl)cc4)N=C4COC(=O)C43)cc12. The van der Waals surface area contributed by atoms with E-state index in [0.717, 1.165) is 27.7 Å². The number of hydrogen-bond donors (Lipinski definition) is 1. The number of cyclic esters (lactones) is 1. The summed E-state index contributed by atoms with van der Waals surface area (Å²) in [5.41, 5.74) is 5.06. The Bertz CT molecular complexity index is 1260. The number of aryl methyl sites for hydroxylation is 1. The van der Waals surface area contributed by atoms with E-state index >= 15 is 0 Å². The highest BCUT2D eigenvalue weighted by atomic mass is 35.5. The Hall–Kier alpha value is -3.43. The number of ether oxygens (including phenoxy) is 1. The molecule has 3 aromatic rings. The number of aliphatic imine (C=N–C) groups is 1. The molecule has 0 saturated carbocycles. The Balaban J connectivity index is 1.74. The summed E-state index contributed by atoms with van der Waals surface area (Å²) in [4.78, 5) is 17.2. The summed E-state index contributed by atoms with van der Waals surface area (Å²) in [5, 5.41) is 18.9. The van der Waals surface area contributed by atoms with Gasteiger partial charge in [0.2, 0.25) is 0 Å². The number of aromatic amines is 1. The molecule has 29 heavy (non-hydrogen) atoms. The number of H-pyrrole nitrogens is 1. The third-order valence-electron chi connectivity index (χ3n) is 5.50. The molecule has 7 heteroatoms. The van der Waals surface area contributed by atoms with Crippen molar-refractivity contribution in [1.82, 2.24) is 10.2 Å². The van der Waals surface area contributed by atoms with Gasteiger partial charge in [0.1, 0.15) is 12.5 Å². The molecule has 0 bridgehead atoms. The van der Waals surface area contributed by atoms with Gasteiger partial charge in [-0.15, -0.1) is 0 Å². The fraction of sp³-hybridized carbons (Fsp3) is 0.182. The van der Waals surface area contributed by atoms with Crippen molar-refractivity contribution in [2.24, 2.45) is 10.9 Å². The van der Waals surface area contributed by atoms with Crippen LogP contribution in [-0.2, 0) is 9.53 Å². The van der Waals surface area contributed by atoms with Crippen molar-refractivity contribution in [3.05, 3.63) is 69.9 Å². The lowest BCUT2D eigenvalue weighted by molar-refractivity contribution is -0.141. The number of aromatic nitrogens is 2. The van der Waals surface area contributed by atoms with Gasteiger partial charge >= 0.3 is 5.97 Å². The summed E-state index contributed by atoms with van der Waals surface area (Å²) in [6.45, 7) is 2.08. The molecular weight excluding hydrogens is 388 g/mol. The average Bonchev–Trinajstić information content (AvgIpc) is 3.29. The summed E-state index contributed by atoms with van der Waals surface area (Å²) in [7, 11) is 0. The van der Waals surface area contributed by atoms with Gasteiger partial charge in [0.25, 0.3) is 0 Å². The Morgan fingerprint density at radius 3 is 2.76 bits per heavy atom. The Labute approximate surface area is 171 Å². The predicted molar refractivity (Wildman–Crippen MR) is 109 cm³/mol. The number of hydrogen-bond acceptors (Lipinski definition) is 5. The number of halogens is 1. The number of esters is 1. The van der Waals surface area contributed by atoms with E-state index in [1.807, 2.05) is 37.3 Å². The van der Waals surface area contributed by atoms with Crippen molar-refractivity contribution in [2.75, 3.05) is 6.61 Å². The summed E-state index contributed by atoms with van der Waals surface area (Å²) in [5.74, 6) is -1.40. The molecule has 1 aromatic heterocycles. The van der Waals surface area contributed by atoms with Crippen LogP contribution >= 0.6 is 11.6 Å². The van der Waals surface area contributed by atoms with Crippen LogP contribution in [0.15, 0.2) is 53.0 Å². The molecule has 2 atom stereocenters. The predicted octanol–water partition coefficient (Wildman–Crippen LogP) is 4.17. The number of allylic oxidation sites excluding steroid dienone is 1. The van der Waals surface area contributed by atoms with E-state index in [4.69, 9.17) is 16.3 Å². The maximum absolute atomic E-state index is 12.6. The first-order valence-corrected chi connectivity index (χ1v) is 9.53. The molecular formula is C22H15ClN4O2. The minimum atomic E-state index is -0.592. The minimum absolute atomic E-state index is 0.142. The van der Waals surface area contributed by atoms with E-state index in [1.165, 1.54) is 0 Å². The van der Waals surface area contributed by atoms with Crippen LogP contribution in [0.1, 0.15) is 22.7 Å². The molecule has 142 valence electrons. The number of nitriles is 1. The number of carbonyl (C=O) groups is 1. The Morgan fingerprint density at radius 2 is 2.00 bits per heavy atom. The van der Waals surface area contributed by atoms with E-state index in [-0.39, 0.29) is 12.6 Å². The van der Waals surface area contributed by atoms with E-state index in [2.05, 4.69) is 21.3 Å². The van der Waals surface area contributed by atoms with Gasteiger partial charge in [-0.2, -0.15) is 10.4 Å². The molecule has 2 aromatic carbocycles. The van der Waals surface area contributed by atoms with Crippen LogP contribution in [0, 0.1) is 24.2 Å². The van der Waals surface area contributed by atoms with Crippen molar-refractivity contribution in [2.45, 2.75) is 12.8 Å². The number of fused-ring (bicyclic) bond motifs is 2. The van der Waals surface area contributed by atoms with Gasteiger partial charge in [-0.3, -0.25) is 14.9 Å². The molecule has 3 heterocycles. The van der Waals surface area contributed by atoms with E-state index < -0.39 is 11.8 Å². The largest absolute Gasteiger partial charge is 0.459 e. The molecule has 5 rings (SSSR count). The van der Waals surface area contributed by atoms with Crippen LogP contribution in [0.5, 0.6) is 0 Å². The molecule has 6 nitrogen and oxygen atoms in total. The Kier molecular flexibility index (Phi) is 4.00. The summed E-state index contributed by atoms with van der Waals surface area (Å²) in [6, 6.07) is 15.3.